The predicted octanol–water partition coefficient (Wildman–Crippen LogP) is 3.19. The summed E-state index contributed by atoms with van der Waals surface area (Å²) < 4.78 is 28.5. The number of fused-ring (bicyclic) bond motifs is 2. The Hall–Kier alpha value is -3.27. The van der Waals surface area contributed by atoms with Gasteiger partial charge in [-0.3, -0.25) is 14.3 Å². The van der Waals surface area contributed by atoms with Crippen LogP contribution in [-0.2, 0) is 10.3 Å². The number of carbonyl (C=O) groups excluding carboxylic acids is 1. The van der Waals surface area contributed by atoms with Crippen molar-refractivity contribution in [3.05, 3.63) is 46.5 Å². The van der Waals surface area contributed by atoms with Crippen LogP contribution in [0.15, 0.2) is 35.4 Å². The summed E-state index contributed by atoms with van der Waals surface area (Å²) in [5.74, 6) is -0.384. The molecule has 10 heteroatoms. The molecule has 0 radical (unpaired) electrons. The van der Waals surface area contributed by atoms with Crippen LogP contribution in [-0.4, -0.2) is 49.7 Å². The Bertz CT molecular complexity index is 1370. The van der Waals surface area contributed by atoms with Crippen molar-refractivity contribution in [2.45, 2.75) is 69.5 Å². The van der Waals surface area contributed by atoms with Crippen molar-refractivity contribution in [2.75, 3.05) is 11.9 Å². The molecule has 9 nitrogen and oxygen atoms in total. The van der Waals surface area contributed by atoms with Crippen LogP contribution in [0.25, 0.3) is 11.0 Å². The highest BCUT2D eigenvalue weighted by Gasteiger charge is 2.61. The van der Waals surface area contributed by atoms with E-state index in [4.69, 9.17) is 9.47 Å². The number of rotatable bonds is 6. The van der Waals surface area contributed by atoms with Crippen LogP contribution in [0.1, 0.15) is 56.4 Å². The molecule has 0 spiro atoms. The lowest BCUT2D eigenvalue weighted by Crippen LogP contribution is -2.49. The number of alkyl halides is 1. The second-order valence-corrected chi connectivity index (χ2v) is 10.2. The summed E-state index contributed by atoms with van der Waals surface area (Å²) in [4.78, 5) is 30.5. The van der Waals surface area contributed by atoms with Crippen LogP contribution in [0.5, 0.6) is 5.88 Å². The second kappa shape index (κ2) is 7.11. The highest BCUT2D eigenvalue weighted by molar-refractivity contribution is 6.07. The van der Waals surface area contributed by atoms with Crippen LogP contribution in [0, 0.1) is 0 Å². The number of halogens is 1. The Kier molecular flexibility index (Phi) is 4.45. The van der Waals surface area contributed by atoms with Crippen molar-refractivity contribution in [3.63, 3.8) is 0 Å². The smallest absolute Gasteiger partial charge is 0.274 e. The lowest BCUT2D eigenvalue weighted by Gasteiger charge is -2.42. The fourth-order valence-electron chi connectivity index (χ4n) is 5.24. The van der Waals surface area contributed by atoms with Gasteiger partial charge in [0.15, 0.2) is 5.65 Å². The summed E-state index contributed by atoms with van der Waals surface area (Å²) in [5, 5.41) is 8.03. The van der Waals surface area contributed by atoms with E-state index in [1.165, 1.54) is 16.8 Å². The van der Waals surface area contributed by atoms with Gasteiger partial charge >= 0.3 is 0 Å². The van der Waals surface area contributed by atoms with Crippen LogP contribution in [0.2, 0.25) is 0 Å². The average Bonchev–Trinajstić information content (AvgIpc) is 3.08. The van der Waals surface area contributed by atoms with Gasteiger partial charge in [-0.05, 0) is 39.0 Å². The molecule has 2 aliphatic carbocycles. The first-order chi connectivity index (χ1) is 16.2. The SMILES string of the molecule is CC(C)Oc1nc2nn(C34COC(C)(C3)C4)cc2cc1C(=O)Nc1cccn([C@H]2C[C@H]2F)c1=O. The van der Waals surface area contributed by atoms with Crippen LogP contribution in [0.3, 0.4) is 0 Å². The molecule has 7 rings (SSSR count). The average molecular weight is 468 g/mol. The van der Waals surface area contributed by atoms with Crippen LogP contribution < -0.4 is 15.6 Å². The van der Waals surface area contributed by atoms with E-state index in [0.717, 1.165) is 12.8 Å². The largest absolute Gasteiger partial charge is 0.474 e. The van der Waals surface area contributed by atoms with Crippen molar-refractivity contribution in [1.82, 2.24) is 19.3 Å². The molecule has 1 N–H and O–H groups in total. The number of nitrogens with zero attached hydrogens (tertiary/aromatic N) is 4. The molecule has 3 aromatic heterocycles. The summed E-state index contributed by atoms with van der Waals surface area (Å²) in [6.45, 7) is 6.39. The van der Waals surface area contributed by atoms with Gasteiger partial charge in [-0.15, -0.1) is 0 Å². The minimum atomic E-state index is -1.03. The molecule has 2 saturated carbocycles. The molecule has 4 fully saturated rings. The number of anilines is 1. The Morgan fingerprint density at radius 2 is 2.15 bits per heavy atom. The monoisotopic (exact) mass is 467 g/mol. The van der Waals surface area contributed by atoms with E-state index in [2.05, 4.69) is 22.3 Å². The summed E-state index contributed by atoms with van der Waals surface area (Å²) in [7, 11) is 0. The number of aromatic nitrogens is 4. The summed E-state index contributed by atoms with van der Waals surface area (Å²) in [5.41, 5.74) is 0.0451. The topological polar surface area (TPSA) is 100 Å². The second-order valence-electron chi connectivity index (χ2n) is 10.2. The number of hydrogen-bond donors (Lipinski definition) is 1. The van der Waals surface area contributed by atoms with E-state index in [0.29, 0.717) is 24.1 Å². The van der Waals surface area contributed by atoms with Gasteiger partial charge in [-0.25, -0.2) is 4.39 Å². The van der Waals surface area contributed by atoms with Crippen molar-refractivity contribution in [2.24, 2.45) is 0 Å². The standard InChI is InChI=1S/C24H26FN5O4/c1-13(2)34-21-15(20(31)26-17-5-4-6-29(22(17)32)18-8-16(18)25)7-14-9-30(28-19(14)27-21)24-10-23(3,11-24)33-12-24/h4-7,9,13,16,18H,8,10-12H2,1-3H3,(H,26,31)/t16-,18+,23?,24?/m1/s1. The third kappa shape index (κ3) is 3.31. The van der Waals surface area contributed by atoms with E-state index in [9.17, 15) is 14.0 Å². The van der Waals surface area contributed by atoms with Crippen molar-refractivity contribution < 1.29 is 18.7 Å². The first kappa shape index (κ1) is 21.3. The molecule has 34 heavy (non-hydrogen) atoms. The Balaban J connectivity index is 1.35. The van der Waals surface area contributed by atoms with E-state index in [-0.39, 0.29) is 34.4 Å². The molecular formula is C24H26FN5O4. The molecule has 2 atom stereocenters. The van der Waals surface area contributed by atoms with Crippen molar-refractivity contribution in [1.29, 1.82) is 0 Å². The molecule has 0 unspecified atom stereocenters. The molecule has 3 aromatic rings. The molecule has 5 heterocycles. The van der Waals surface area contributed by atoms with Gasteiger partial charge in [0.05, 0.1) is 29.9 Å². The molecule has 2 saturated heterocycles. The van der Waals surface area contributed by atoms with Gasteiger partial charge < -0.3 is 19.4 Å². The van der Waals surface area contributed by atoms with Crippen molar-refractivity contribution in [3.8, 4) is 5.88 Å². The molecule has 0 aromatic carbocycles. The Morgan fingerprint density at radius 3 is 2.79 bits per heavy atom. The first-order valence-electron chi connectivity index (χ1n) is 11.5. The molecular weight excluding hydrogens is 441 g/mol. The van der Waals surface area contributed by atoms with E-state index >= 15 is 0 Å². The third-order valence-electron chi connectivity index (χ3n) is 6.89. The molecule has 178 valence electrons. The number of ether oxygens (including phenoxy) is 2. The quantitative estimate of drug-likeness (QED) is 0.598. The van der Waals surface area contributed by atoms with Crippen molar-refractivity contribution >= 4 is 22.6 Å². The zero-order valence-electron chi connectivity index (χ0n) is 19.2. The van der Waals surface area contributed by atoms with Gasteiger partial charge in [-0.2, -0.15) is 10.1 Å². The lowest BCUT2D eigenvalue weighted by molar-refractivity contribution is 0.00381. The van der Waals surface area contributed by atoms with Gasteiger partial charge in [0.25, 0.3) is 11.5 Å². The first-order valence-corrected chi connectivity index (χ1v) is 11.5. The molecule has 1 amide bonds. The Labute approximate surface area is 194 Å². The van der Waals surface area contributed by atoms with Gasteiger partial charge in [0.1, 0.15) is 17.4 Å². The molecule has 4 aliphatic rings. The van der Waals surface area contributed by atoms with E-state index in [1.54, 1.807) is 12.1 Å². The van der Waals surface area contributed by atoms with Crippen LogP contribution in [0.4, 0.5) is 10.1 Å². The minimum Gasteiger partial charge on any atom is -0.474 e. The number of hydrogen-bond acceptors (Lipinski definition) is 6. The van der Waals surface area contributed by atoms with Crippen LogP contribution >= 0.6 is 0 Å². The maximum absolute atomic E-state index is 13.5. The predicted molar refractivity (Wildman–Crippen MR) is 122 cm³/mol. The number of pyridine rings is 2. The maximum Gasteiger partial charge on any atom is 0.274 e. The zero-order valence-corrected chi connectivity index (χ0v) is 19.2. The normalized spacial score (nSPS) is 29.3. The minimum absolute atomic E-state index is 0.0774. The van der Waals surface area contributed by atoms with Gasteiger partial charge in [0.2, 0.25) is 5.88 Å². The van der Waals surface area contributed by atoms with Gasteiger partial charge in [0, 0.05) is 37.0 Å². The third-order valence-corrected chi connectivity index (χ3v) is 6.89. The van der Waals surface area contributed by atoms with E-state index in [1.807, 2.05) is 24.7 Å². The van der Waals surface area contributed by atoms with E-state index < -0.39 is 23.7 Å². The number of amides is 1. The molecule has 2 bridgehead atoms. The molecule has 2 aliphatic heterocycles. The number of nitrogens with one attached hydrogen (secondary N) is 1. The fraction of sp³-hybridized carbons (Fsp3) is 0.500. The summed E-state index contributed by atoms with van der Waals surface area (Å²) >= 11 is 0. The highest BCUT2D eigenvalue weighted by Crippen LogP contribution is 2.55. The summed E-state index contributed by atoms with van der Waals surface area (Å²) in [6.07, 6.45) is 4.25. The maximum atomic E-state index is 13.5. The highest BCUT2D eigenvalue weighted by atomic mass is 19.1. The Morgan fingerprint density at radius 1 is 1.38 bits per heavy atom. The lowest BCUT2D eigenvalue weighted by atomic mass is 9.69. The zero-order chi connectivity index (χ0) is 23.8. The fourth-order valence-corrected chi connectivity index (χ4v) is 5.24. The number of carbonyl (C=O) groups is 1. The van der Waals surface area contributed by atoms with Gasteiger partial charge in [-0.1, -0.05) is 0 Å². The summed E-state index contributed by atoms with van der Waals surface area (Å²) in [6, 6.07) is 4.34.